The Hall–Kier alpha value is -2.53. The molecule has 4 N–H and O–H groups in total. The third-order valence-corrected chi connectivity index (χ3v) is 5.88. The van der Waals surface area contributed by atoms with Gasteiger partial charge in [-0.25, -0.2) is 9.78 Å². The summed E-state index contributed by atoms with van der Waals surface area (Å²) in [5, 5.41) is 12.3. The Balaban J connectivity index is 1.52. The van der Waals surface area contributed by atoms with Crippen molar-refractivity contribution in [3.8, 4) is 0 Å². The molecule has 0 unspecified atom stereocenters. The van der Waals surface area contributed by atoms with Crippen molar-refractivity contribution in [2.24, 2.45) is 0 Å². The van der Waals surface area contributed by atoms with Gasteiger partial charge in [-0.1, -0.05) is 6.07 Å². The predicted octanol–water partition coefficient (Wildman–Crippen LogP) is 3.89. The van der Waals surface area contributed by atoms with Gasteiger partial charge in [0.25, 0.3) is 0 Å². The number of nitrogens with one attached hydrogen (secondary N) is 4. The number of amides is 3. The van der Waals surface area contributed by atoms with E-state index in [1.807, 2.05) is 35.4 Å². The first-order valence-corrected chi connectivity index (χ1v) is 12.7. The number of benzene rings is 1. The van der Waals surface area contributed by atoms with Crippen molar-refractivity contribution in [1.29, 1.82) is 0 Å². The van der Waals surface area contributed by atoms with Gasteiger partial charge in [-0.05, 0) is 59.6 Å². The number of urea groups is 1. The Labute approximate surface area is 200 Å². The Morgan fingerprint density at radius 3 is 2.75 bits per heavy atom. The number of carbonyl (C=O) groups excluding carboxylic acids is 2. The van der Waals surface area contributed by atoms with Gasteiger partial charge in [0.1, 0.15) is 5.82 Å². The van der Waals surface area contributed by atoms with Crippen LogP contribution >= 0.6 is 27.7 Å². The normalized spacial score (nSPS) is 13.0. The Kier molecular flexibility index (Phi) is 9.42. The van der Waals surface area contributed by atoms with Crippen LogP contribution in [0.4, 0.5) is 27.9 Å². The van der Waals surface area contributed by atoms with E-state index in [0.717, 1.165) is 42.5 Å². The van der Waals surface area contributed by atoms with Crippen LogP contribution in [0.25, 0.3) is 0 Å². The minimum Gasteiger partial charge on any atom is -0.369 e. The van der Waals surface area contributed by atoms with Crippen LogP contribution in [0.3, 0.4) is 0 Å². The molecule has 2 aromatic rings. The summed E-state index contributed by atoms with van der Waals surface area (Å²) in [6.45, 7) is 2.87. The lowest BCUT2D eigenvalue weighted by Crippen LogP contribution is -2.32. The van der Waals surface area contributed by atoms with E-state index in [1.165, 1.54) is 11.8 Å². The van der Waals surface area contributed by atoms with E-state index in [-0.39, 0.29) is 11.9 Å². The number of thioether (sulfide) groups is 1. The van der Waals surface area contributed by atoms with Crippen LogP contribution in [-0.2, 0) is 4.79 Å². The first-order chi connectivity index (χ1) is 15.5. The molecule has 9 nitrogen and oxygen atoms in total. The van der Waals surface area contributed by atoms with Crippen molar-refractivity contribution in [2.75, 3.05) is 54.1 Å². The summed E-state index contributed by atoms with van der Waals surface area (Å²) < 4.78 is 0.751. The Bertz CT molecular complexity index is 925. The Morgan fingerprint density at radius 2 is 1.97 bits per heavy atom. The third kappa shape index (κ3) is 7.56. The zero-order valence-corrected chi connectivity index (χ0v) is 20.4. The van der Waals surface area contributed by atoms with Crippen LogP contribution in [0, 0.1) is 0 Å². The summed E-state index contributed by atoms with van der Waals surface area (Å²) in [6.07, 6.45) is 6.47. The van der Waals surface area contributed by atoms with Gasteiger partial charge in [-0.15, -0.1) is 0 Å². The SMILES string of the molecule is CSCC(=O)NCCCNc1nc(Nc2cccc(NC(=O)N3CCCC3)c2)ncc1Br. The maximum Gasteiger partial charge on any atom is 0.321 e. The number of rotatable bonds is 10. The molecule has 0 saturated carbocycles. The summed E-state index contributed by atoms with van der Waals surface area (Å²) in [5.41, 5.74) is 1.49. The molecule has 0 atom stereocenters. The molecule has 3 amide bonds. The van der Waals surface area contributed by atoms with Crippen molar-refractivity contribution >= 4 is 62.8 Å². The highest BCUT2D eigenvalue weighted by Crippen LogP contribution is 2.23. The highest BCUT2D eigenvalue weighted by atomic mass is 79.9. The van der Waals surface area contributed by atoms with Crippen molar-refractivity contribution in [2.45, 2.75) is 19.3 Å². The van der Waals surface area contributed by atoms with Gasteiger partial charge in [-0.3, -0.25) is 4.79 Å². The quantitative estimate of drug-likeness (QED) is 0.351. The number of aromatic nitrogens is 2. The lowest BCUT2D eigenvalue weighted by atomic mass is 10.3. The summed E-state index contributed by atoms with van der Waals surface area (Å²) >= 11 is 4.96. The summed E-state index contributed by atoms with van der Waals surface area (Å²) in [6, 6.07) is 7.39. The molecule has 1 fully saturated rings. The van der Waals surface area contributed by atoms with E-state index < -0.39 is 0 Å². The van der Waals surface area contributed by atoms with Gasteiger partial charge in [-0.2, -0.15) is 16.7 Å². The fourth-order valence-corrected chi connectivity index (χ4v) is 3.88. The van der Waals surface area contributed by atoms with Gasteiger partial charge in [0, 0.05) is 43.8 Å². The van der Waals surface area contributed by atoms with Crippen molar-refractivity contribution in [3.63, 3.8) is 0 Å². The van der Waals surface area contributed by atoms with E-state index in [0.29, 0.717) is 36.3 Å². The first-order valence-electron chi connectivity index (χ1n) is 10.5. The molecule has 1 saturated heterocycles. The van der Waals surface area contributed by atoms with Crippen LogP contribution in [0.2, 0.25) is 0 Å². The second kappa shape index (κ2) is 12.5. The molecule has 32 heavy (non-hydrogen) atoms. The predicted molar refractivity (Wildman–Crippen MR) is 134 cm³/mol. The van der Waals surface area contributed by atoms with E-state index in [9.17, 15) is 9.59 Å². The molecule has 1 aromatic heterocycles. The van der Waals surface area contributed by atoms with E-state index in [2.05, 4.69) is 47.2 Å². The smallest absolute Gasteiger partial charge is 0.321 e. The number of carbonyl (C=O) groups is 2. The van der Waals surface area contributed by atoms with Crippen molar-refractivity contribution < 1.29 is 9.59 Å². The van der Waals surface area contributed by atoms with Gasteiger partial charge < -0.3 is 26.2 Å². The van der Waals surface area contributed by atoms with Gasteiger partial charge >= 0.3 is 6.03 Å². The topological polar surface area (TPSA) is 111 Å². The van der Waals surface area contributed by atoms with Crippen LogP contribution < -0.4 is 21.3 Å². The van der Waals surface area contributed by atoms with Crippen LogP contribution in [0.1, 0.15) is 19.3 Å². The maximum atomic E-state index is 12.3. The summed E-state index contributed by atoms with van der Waals surface area (Å²) in [5.74, 6) is 1.62. The summed E-state index contributed by atoms with van der Waals surface area (Å²) in [4.78, 5) is 34.5. The lowest BCUT2D eigenvalue weighted by Gasteiger charge is -2.16. The third-order valence-electron chi connectivity index (χ3n) is 4.75. The molecule has 0 aliphatic carbocycles. The average Bonchev–Trinajstić information content (AvgIpc) is 3.31. The molecule has 0 bridgehead atoms. The minimum atomic E-state index is -0.0735. The second-order valence-corrected chi connectivity index (χ2v) is 9.00. The summed E-state index contributed by atoms with van der Waals surface area (Å²) in [7, 11) is 0. The van der Waals surface area contributed by atoms with Crippen molar-refractivity contribution in [1.82, 2.24) is 20.2 Å². The molecule has 1 aromatic carbocycles. The molecule has 0 radical (unpaired) electrons. The average molecular weight is 522 g/mol. The zero-order valence-electron chi connectivity index (χ0n) is 18.0. The minimum absolute atomic E-state index is 0.0473. The lowest BCUT2D eigenvalue weighted by molar-refractivity contribution is -0.118. The van der Waals surface area contributed by atoms with Crippen molar-refractivity contribution in [3.05, 3.63) is 34.9 Å². The van der Waals surface area contributed by atoms with E-state index >= 15 is 0 Å². The first kappa shape index (κ1) is 24.1. The largest absolute Gasteiger partial charge is 0.369 e. The molecular weight excluding hydrogens is 494 g/mol. The van der Waals surface area contributed by atoms with Crippen LogP contribution in [-0.4, -0.2) is 65.0 Å². The van der Waals surface area contributed by atoms with Gasteiger partial charge in [0.05, 0.1) is 10.2 Å². The molecule has 1 aliphatic rings. The standard InChI is InChI=1S/C21H28BrN7O2S/c1-32-14-18(30)23-8-5-9-24-19-17(22)13-25-20(28-19)26-15-6-4-7-16(12-15)27-21(31)29-10-2-3-11-29/h4,6-7,12-13H,2-3,5,8-11,14H2,1H3,(H,23,30)(H,27,31)(H2,24,25,26,28). The molecule has 11 heteroatoms. The molecule has 1 aliphatic heterocycles. The number of nitrogens with zero attached hydrogens (tertiary/aromatic N) is 3. The number of anilines is 4. The number of hydrogen-bond donors (Lipinski definition) is 4. The van der Waals surface area contributed by atoms with Crippen LogP contribution in [0.5, 0.6) is 0 Å². The fourth-order valence-electron chi connectivity index (χ4n) is 3.18. The highest BCUT2D eigenvalue weighted by molar-refractivity contribution is 9.10. The van der Waals surface area contributed by atoms with Gasteiger partial charge in [0.2, 0.25) is 11.9 Å². The number of likely N-dealkylation sites (tertiary alicyclic amines) is 1. The molecule has 2 heterocycles. The van der Waals surface area contributed by atoms with Crippen LogP contribution in [0.15, 0.2) is 34.9 Å². The monoisotopic (exact) mass is 521 g/mol. The second-order valence-electron chi connectivity index (χ2n) is 7.28. The molecule has 0 spiro atoms. The Morgan fingerprint density at radius 1 is 1.19 bits per heavy atom. The number of halogens is 1. The molecular formula is C21H28BrN7O2S. The number of hydrogen-bond acceptors (Lipinski definition) is 7. The zero-order chi connectivity index (χ0) is 22.8. The van der Waals surface area contributed by atoms with Gasteiger partial charge in [0.15, 0.2) is 0 Å². The van der Waals surface area contributed by atoms with E-state index in [4.69, 9.17) is 0 Å². The van der Waals surface area contributed by atoms with E-state index in [1.54, 1.807) is 6.20 Å². The maximum absolute atomic E-state index is 12.3. The molecule has 172 valence electrons. The fraction of sp³-hybridized carbons (Fsp3) is 0.429. The molecule has 3 rings (SSSR count). The highest BCUT2D eigenvalue weighted by Gasteiger charge is 2.17.